The lowest BCUT2D eigenvalue weighted by Gasteiger charge is -2.27. The van der Waals surface area contributed by atoms with Crippen LogP contribution in [0.5, 0.6) is 0 Å². The summed E-state index contributed by atoms with van der Waals surface area (Å²) in [5.74, 6) is -0.162. The topological polar surface area (TPSA) is 29.3 Å². The van der Waals surface area contributed by atoms with Crippen LogP contribution in [0.4, 0.5) is 15.8 Å². The van der Waals surface area contributed by atoms with Crippen LogP contribution in [-0.2, 0) is 12.8 Å². The third-order valence-corrected chi connectivity index (χ3v) is 3.96. The van der Waals surface area contributed by atoms with Crippen molar-refractivity contribution in [2.24, 2.45) is 5.73 Å². The van der Waals surface area contributed by atoms with Crippen molar-refractivity contribution in [1.29, 1.82) is 0 Å². The zero-order chi connectivity index (χ0) is 14.1. The van der Waals surface area contributed by atoms with Gasteiger partial charge in [0.1, 0.15) is 5.82 Å². The molecule has 104 valence electrons. The Balaban J connectivity index is 2.12. The number of hydrogen-bond donors (Lipinski definition) is 1. The average Bonchev–Trinajstić information content (AvgIpc) is 2.77. The molecule has 2 N–H and O–H groups in total. The third kappa shape index (κ3) is 2.08. The molecule has 2 aromatic rings. The van der Waals surface area contributed by atoms with Crippen LogP contribution in [0.15, 0.2) is 42.5 Å². The highest BCUT2D eigenvalue weighted by Crippen LogP contribution is 2.40. The Bertz CT molecular complexity index is 624. The summed E-state index contributed by atoms with van der Waals surface area (Å²) in [6, 6.07) is 14.0. The minimum absolute atomic E-state index is 0.162. The summed E-state index contributed by atoms with van der Waals surface area (Å²) in [7, 11) is 0. The molecule has 0 saturated carbocycles. The lowest BCUT2D eigenvalue weighted by atomic mass is 10.1. The molecule has 2 nitrogen and oxygen atoms in total. The van der Waals surface area contributed by atoms with Crippen molar-refractivity contribution in [2.75, 3.05) is 11.4 Å². The van der Waals surface area contributed by atoms with Crippen molar-refractivity contribution in [3.05, 3.63) is 59.4 Å². The van der Waals surface area contributed by atoms with E-state index < -0.39 is 0 Å². The molecule has 3 heteroatoms. The fourth-order valence-electron chi connectivity index (χ4n) is 3.10. The van der Waals surface area contributed by atoms with Crippen molar-refractivity contribution >= 4 is 11.4 Å². The smallest absolute Gasteiger partial charge is 0.128 e. The van der Waals surface area contributed by atoms with Crippen LogP contribution in [0, 0.1) is 5.82 Å². The second-order valence-corrected chi connectivity index (χ2v) is 5.33. The largest absolute Gasteiger partial charge is 0.338 e. The Hall–Kier alpha value is -1.87. The molecule has 0 aliphatic carbocycles. The molecule has 1 aliphatic rings. The molecule has 1 aliphatic heterocycles. The molecule has 0 saturated heterocycles. The summed E-state index contributed by atoms with van der Waals surface area (Å²) in [5, 5.41) is 0. The number of anilines is 2. The van der Waals surface area contributed by atoms with E-state index in [0.29, 0.717) is 19.0 Å². The molecule has 1 heterocycles. The Morgan fingerprint density at radius 3 is 2.70 bits per heavy atom. The van der Waals surface area contributed by atoms with E-state index in [1.54, 1.807) is 6.07 Å². The average molecular weight is 270 g/mol. The second-order valence-electron chi connectivity index (χ2n) is 5.33. The van der Waals surface area contributed by atoms with Crippen LogP contribution in [-0.4, -0.2) is 12.6 Å². The van der Waals surface area contributed by atoms with E-state index in [0.717, 1.165) is 17.7 Å². The standard InChI is InChI=1S/C17H19FN2/c1-12-11-13-5-2-3-7-16(13)20(12)17-8-4-6-15(18)14(17)9-10-19/h2-8,12H,9-11,19H2,1H3. The predicted octanol–water partition coefficient (Wildman–Crippen LogP) is 3.41. The Morgan fingerprint density at radius 2 is 1.90 bits per heavy atom. The minimum atomic E-state index is -0.162. The number of fused-ring (bicyclic) bond motifs is 1. The quantitative estimate of drug-likeness (QED) is 0.926. The second kappa shape index (κ2) is 5.25. The highest BCUT2D eigenvalue weighted by molar-refractivity contribution is 5.73. The maximum absolute atomic E-state index is 14.1. The van der Waals surface area contributed by atoms with Gasteiger partial charge >= 0.3 is 0 Å². The SMILES string of the molecule is CC1Cc2ccccc2N1c1cccc(F)c1CCN. The van der Waals surface area contributed by atoms with Crippen molar-refractivity contribution < 1.29 is 4.39 Å². The van der Waals surface area contributed by atoms with Gasteiger partial charge in [0.15, 0.2) is 0 Å². The fourth-order valence-corrected chi connectivity index (χ4v) is 3.10. The molecule has 0 bridgehead atoms. The number of hydrogen-bond acceptors (Lipinski definition) is 2. The maximum Gasteiger partial charge on any atom is 0.128 e. The van der Waals surface area contributed by atoms with Gasteiger partial charge in [-0.15, -0.1) is 0 Å². The van der Waals surface area contributed by atoms with E-state index in [1.807, 2.05) is 12.1 Å². The van der Waals surface area contributed by atoms with Gasteiger partial charge in [0, 0.05) is 23.0 Å². The van der Waals surface area contributed by atoms with Gasteiger partial charge in [-0.25, -0.2) is 4.39 Å². The summed E-state index contributed by atoms with van der Waals surface area (Å²) < 4.78 is 14.1. The summed E-state index contributed by atoms with van der Waals surface area (Å²) in [6.07, 6.45) is 1.56. The van der Waals surface area contributed by atoms with Crippen LogP contribution in [0.2, 0.25) is 0 Å². The molecule has 1 unspecified atom stereocenters. The number of nitrogens with zero attached hydrogens (tertiary/aromatic N) is 1. The van der Waals surface area contributed by atoms with Crippen LogP contribution < -0.4 is 10.6 Å². The van der Waals surface area contributed by atoms with Gasteiger partial charge in [0.05, 0.1) is 0 Å². The first-order chi connectivity index (χ1) is 9.72. The van der Waals surface area contributed by atoms with Gasteiger partial charge in [0.2, 0.25) is 0 Å². The van der Waals surface area contributed by atoms with E-state index in [-0.39, 0.29) is 5.82 Å². The van der Waals surface area contributed by atoms with Gasteiger partial charge in [-0.3, -0.25) is 0 Å². The number of rotatable bonds is 3. The number of halogens is 1. The van der Waals surface area contributed by atoms with E-state index in [4.69, 9.17) is 5.73 Å². The summed E-state index contributed by atoms with van der Waals surface area (Å²) >= 11 is 0. The van der Waals surface area contributed by atoms with Crippen molar-refractivity contribution in [2.45, 2.75) is 25.8 Å². The molecule has 0 spiro atoms. The van der Waals surface area contributed by atoms with Gasteiger partial charge in [-0.05, 0) is 50.1 Å². The van der Waals surface area contributed by atoms with Gasteiger partial charge in [-0.1, -0.05) is 24.3 Å². The van der Waals surface area contributed by atoms with E-state index in [2.05, 4.69) is 30.0 Å². The lowest BCUT2D eigenvalue weighted by molar-refractivity contribution is 0.607. The zero-order valence-corrected chi connectivity index (χ0v) is 11.6. The molecule has 0 radical (unpaired) electrons. The Labute approximate surface area is 119 Å². The Kier molecular flexibility index (Phi) is 3.45. The van der Waals surface area contributed by atoms with E-state index >= 15 is 0 Å². The molecule has 0 amide bonds. The van der Waals surface area contributed by atoms with Crippen LogP contribution in [0.25, 0.3) is 0 Å². The van der Waals surface area contributed by atoms with E-state index in [1.165, 1.54) is 17.3 Å². The summed E-state index contributed by atoms with van der Waals surface area (Å²) in [6.45, 7) is 2.63. The number of para-hydroxylation sites is 1. The molecule has 0 fully saturated rings. The molecule has 3 rings (SSSR count). The first-order valence-electron chi connectivity index (χ1n) is 7.07. The van der Waals surface area contributed by atoms with Crippen LogP contribution in [0.1, 0.15) is 18.1 Å². The lowest BCUT2D eigenvalue weighted by Crippen LogP contribution is -2.25. The summed E-state index contributed by atoms with van der Waals surface area (Å²) in [5.41, 5.74) is 9.82. The molecule has 1 atom stereocenters. The molecule has 2 aromatic carbocycles. The van der Waals surface area contributed by atoms with Crippen molar-refractivity contribution in [1.82, 2.24) is 0 Å². The summed E-state index contributed by atoms with van der Waals surface area (Å²) in [4.78, 5) is 2.24. The highest BCUT2D eigenvalue weighted by Gasteiger charge is 2.28. The normalized spacial score (nSPS) is 17.4. The predicted molar refractivity (Wildman–Crippen MR) is 80.9 cm³/mol. The fraction of sp³-hybridized carbons (Fsp3) is 0.294. The Morgan fingerprint density at radius 1 is 1.15 bits per heavy atom. The van der Waals surface area contributed by atoms with Gasteiger partial charge in [-0.2, -0.15) is 0 Å². The van der Waals surface area contributed by atoms with Gasteiger partial charge in [0.25, 0.3) is 0 Å². The highest BCUT2D eigenvalue weighted by atomic mass is 19.1. The van der Waals surface area contributed by atoms with Gasteiger partial charge < -0.3 is 10.6 Å². The maximum atomic E-state index is 14.1. The van der Waals surface area contributed by atoms with Crippen LogP contribution in [0.3, 0.4) is 0 Å². The van der Waals surface area contributed by atoms with Crippen molar-refractivity contribution in [3.8, 4) is 0 Å². The number of benzene rings is 2. The monoisotopic (exact) mass is 270 g/mol. The van der Waals surface area contributed by atoms with E-state index in [9.17, 15) is 4.39 Å². The molecular weight excluding hydrogens is 251 g/mol. The molecule has 0 aromatic heterocycles. The van der Waals surface area contributed by atoms with Crippen molar-refractivity contribution in [3.63, 3.8) is 0 Å². The minimum Gasteiger partial charge on any atom is -0.338 e. The van der Waals surface area contributed by atoms with Crippen LogP contribution >= 0.6 is 0 Å². The first kappa shape index (κ1) is 13.1. The number of nitrogens with two attached hydrogens (primary N) is 1. The molecular formula is C17H19FN2. The first-order valence-corrected chi connectivity index (χ1v) is 7.07. The molecule has 20 heavy (non-hydrogen) atoms. The zero-order valence-electron chi connectivity index (χ0n) is 11.6. The third-order valence-electron chi connectivity index (χ3n) is 3.96.